The van der Waals surface area contributed by atoms with Gasteiger partial charge in [-0.15, -0.1) is 0 Å². The molecule has 2 aromatic carbocycles. The highest BCUT2D eigenvalue weighted by Crippen LogP contribution is 2.22. The van der Waals surface area contributed by atoms with Gasteiger partial charge in [-0.2, -0.15) is 0 Å². The summed E-state index contributed by atoms with van der Waals surface area (Å²) in [5, 5.41) is 4.29. The molecule has 0 amide bonds. The van der Waals surface area contributed by atoms with E-state index in [-0.39, 0.29) is 12.1 Å². The maximum Gasteiger partial charge on any atom is 0.124 e. The Bertz CT molecular complexity index is 583. The van der Waals surface area contributed by atoms with Crippen LogP contribution in [0.2, 0.25) is 5.02 Å². The van der Waals surface area contributed by atoms with E-state index in [1.54, 1.807) is 0 Å². The fourth-order valence-corrected chi connectivity index (χ4v) is 2.37. The van der Waals surface area contributed by atoms with Crippen LogP contribution in [0.25, 0.3) is 0 Å². The molecule has 0 spiro atoms. The van der Waals surface area contributed by atoms with Gasteiger partial charge in [-0.25, -0.2) is 0 Å². The van der Waals surface area contributed by atoms with E-state index < -0.39 is 0 Å². The molecule has 0 saturated carbocycles. The number of hydrogen-bond acceptors (Lipinski definition) is 2. The van der Waals surface area contributed by atoms with Gasteiger partial charge in [0, 0.05) is 23.2 Å². The van der Waals surface area contributed by atoms with E-state index in [1.165, 1.54) is 11.1 Å². The van der Waals surface area contributed by atoms with Crippen LogP contribution in [0.1, 0.15) is 37.9 Å². The van der Waals surface area contributed by atoms with Crippen LogP contribution < -0.4 is 10.1 Å². The van der Waals surface area contributed by atoms with Crippen molar-refractivity contribution in [2.75, 3.05) is 0 Å². The highest BCUT2D eigenvalue weighted by Gasteiger charge is 2.08. The van der Waals surface area contributed by atoms with Crippen molar-refractivity contribution >= 4 is 11.6 Å². The Balaban J connectivity index is 2.02. The maximum absolute atomic E-state index is 6.04. The van der Waals surface area contributed by atoms with E-state index >= 15 is 0 Å². The molecule has 2 rings (SSSR count). The Hall–Kier alpha value is -1.51. The number of halogens is 1. The number of ether oxygens (including phenoxy) is 1. The molecule has 0 unspecified atom stereocenters. The van der Waals surface area contributed by atoms with Crippen molar-refractivity contribution in [3.05, 3.63) is 64.7 Å². The third-order valence-electron chi connectivity index (χ3n) is 3.28. The molecular formula is C18H22ClNO. The molecule has 1 atom stereocenters. The fourth-order valence-electron chi connectivity index (χ4n) is 2.18. The summed E-state index contributed by atoms with van der Waals surface area (Å²) in [6.45, 7) is 6.98. The lowest BCUT2D eigenvalue weighted by Crippen LogP contribution is -2.19. The van der Waals surface area contributed by atoms with Crippen LogP contribution in [0.15, 0.2) is 48.5 Å². The molecular weight excluding hydrogens is 282 g/mol. The summed E-state index contributed by atoms with van der Waals surface area (Å²) in [5.74, 6) is 0.943. The van der Waals surface area contributed by atoms with Gasteiger partial charge in [0.15, 0.2) is 0 Å². The first-order valence-electron chi connectivity index (χ1n) is 7.29. The van der Waals surface area contributed by atoms with Gasteiger partial charge in [0.25, 0.3) is 0 Å². The van der Waals surface area contributed by atoms with Crippen molar-refractivity contribution in [1.29, 1.82) is 0 Å². The second kappa shape index (κ2) is 7.48. The summed E-state index contributed by atoms with van der Waals surface area (Å²) in [6.07, 6.45) is 0.177. The number of hydrogen-bond donors (Lipinski definition) is 1. The molecule has 0 heterocycles. The Morgan fingerprint density at radius 1 is 1.05 bits per heavy atom. The lowest BCUT2D eigenvalue weighted by Gasteiger charge is -2.18. The summed E-state index contributed by atoms with van der Waals surface area (Å²) in [7, 11) is 0. The van der Waals surface area contributed by atoms with E-state index in [2.05, 4.69) is 24.4 Å². The molecule has 0 aliphatic rings. The monoisotopic (exact) mass is 303 g/mol. The second-order valence-electron chi connectivity index (χ2n) is 5.43. The lowest BCUT2D eigenvalue weighted by atomic mass is 10.1. The van der Waals surface area contributed by atoms with Gasteiger partial charge in [-0.05, 0) is 44.5 Å². The Morgan fingerprint density at radius 2 is 1.81 bits per heavy atom. The smallest absolute Gasteiger partial charge is 0.124 e. The highest BCUT2D eigenvalue weighted by atomic mass is 35.5. The van der Waals surface area contributed by atoms with Crippen molar-refractivity contribution in [3.63, 3.8) is 0 Å². The SMILES string of the molecule is CC(C)Oc1ccccc1CN[C@H](C)c1cccc(Cl)c1. The normalized spacial score (nSPS) is 12.4. The van der Waals surface area contributed by atoms with Crippen molar-refractivity contribution in [1.82, 2.24) is 5.32 Å². The molecule has 2 nitrogen and oxygen atoms in total. The van der Waals surface area contributed by atoms with E-state index in [9.17, 15) is 0 Å². The Kier molecular flexibility index (Phi) is 5.66. The minimum absolute atomic E-state index is 0.177. The number of para-hydroxylation sites is 1. The zero-order chi connectivity index (χ0) is 15.2. The largest absolute Gasteiger partial charge is 0.491 e. The van der Waals surface area contributed by atoms with Crippen molar-refractivity contribution in [2.45, 2.75) is 39.5 Å². The third-order valence-corrected chi connectivity index (χ3v) is 3.52. The van der Waals surface area contributed by atoms with Crippen LogP contribution in [0.3, 0.4) is 0 Å². The van der Waals surface area contributed by atoms with Gasteiger partial charge in [0.05, 0.1) is 6.10 Å². The molecule has 1 N–H and O–H groups in total. The first kappa shape index (κ1) is 15.9. The minimum atomic E-state index is 0.177. The van der Waals surface area contributed by atoms with Gasteiger partial charge >= 0.3 is 0 Å². The molecule has 0 bridgehead atoms. The predicted molar refractivity (Wildman–Crippen MR) is 88.9 cm³/mol. The van der Waals surface area contributed by atoms with E-state index in [4.69, 9.17) is 16.3 Å². The van der Waals surface area contributed by atoms with Crippen LogP contribution in [0.5, 0.6) is 5.75 Å². The summed E-state index contributed by atoms with van der Waals surface area (Å²) >= 11 is 6.04. The summed E-state index contributed by atoms with van der Waals surface area (Å²) < 4.78 is 5.84. The molecule has 2 aromatic rings. The fraction of sp³-hybridized carbons (Fsp3) is 0.333. The van der Waals surface area contributed by atoms with Crippen LogP contribution in [-0.4, -0.2) is 6.10 Å². The Labute approximate surface area is 132 Å². The summed E-state index contributed by atoms with van der Waals surface area (Å²) in [5.41, 5.74) is 2.35. The molecule has 0 aromatic heterocycles. The van der Waals surface area contributed by atoms with Crippen molar-refractivity contribution in [2.24, 2.45) is 0 Å². The minimum Gasteiger partial charge on any atom is -0.491 e. The quantitative estimate of drug-likeness (QED) is 0.813. The van der Waals surface area contributed by atoms with E-state index in [0.29, 0.717) is 0 Å². The van der Waals surface area contributed by atoms with Crippen molar-refractivity contribution in [3.8, 4) is 5.75 Å². The molecule has 112 valence electrons. The third kappa shape index (κ3) is 4.76. The maximum atomic E-state index is 6.04. The van der Waals surface area contributed by atoms with Crippen LogP contribution in [0, 0.1) is 0 Å². The lowest BCUT2D eigenvalue weighted by molar-refractivity contribution is 0.239. The average Bonchev–Trinajstić information content (AvgIpc) is 2.45. The average molecular weight is 304 g/mol. The van der Waals surface area contributed by atoms with Gasteiger partial charge in [-0.1, -0.05) is 41.9 Å². The highest BCUT2D eigenvalue weighted by molar-refractivity contribution is 6.30. The molecule has 3 heteroatoms. The molecule has 0 aliphatic heterocycles. The summed E-state index contributed by atoms with van der Waals surface area (Å²) in [6, 6.07) is 16.3. The van der Waals surface area contributed by atoms with Crippen LogP contribution >= 0.6 is 11.6 Å². The summed E-state index contributed by atoms with van der Waals surface area (Å²) in [4.78, 5) is 0. The van der Waals surface area contributed by atoms with Crippen LogP contribution in [0.4, 0.5) is 0 Å². The van der Waals surface area contributed by atoms with Gasteiger partial charge in [-0.3, -0.25) is 0 Å². The van der Waals surface area contributed by atoms with Crippen molar-refractivity contribution < 1.29 is 4.74 Å². The zero-order valence-electron chi connectivity index (χ0n) is 12.8. The second-order valence-corrected chi connectivity index (χ2v) is 5.87. The molecule has 0 radical (unpaired) electrons. The molecule has 0 saturated heterocycles. The van der Waals surface area contributed by atoms with Gasteiger partial charge < -0.3 is 10.1 Å². The van der Waals surface area contributed by atoms with E-state index in [0.717, 1.165) is 17.3 Å². The first-order chi connectivity index (χ1) is 10.1. The standard InChI is InChI=1S/C18H22ClNO/c1-13(2)21-18-10-5-4-7-16(18)12-20-14(3)15-8-6-9-17(19)11-15/h4-11,13-14,20H,12H2,1-3H3/t14-/m1/s1. The topological polar surface area (TPSA) is 21.3 Å². The van der Waals surface area contributed by atoms with E-state index in [1.807, 2.05) is 50.2 Å². The number of nitrogens with one attached hydrogen (secondary N) is 1. The van der Waals surface area contributed by atoms with Gasteiger partial charge in [0.1, 0.15) is 5.75 Å². The molecule has 0 fully saturated rings. The molecule has 0 aliphatic carbocycles. The zero-order valence-corrected chi connectivity index (χ0v) is 13.5. The van der Waals surface area contributed by atoms with Gasteiger partial charge in [0.2, 0.25) is 0 Å². The first-order valence-corrected chi connectivity index (χ1v) is 7.67. The molecule has 21 heavy (non-hydrogen) atoms. The number of benzene rings is 2. The number of rotatable bonds is 6. The van der Waals surface area contributed by atoms with Crippen LogP contribution in [-0.2, 0) is 6.54 Å². The Morgan fingerprint density at radius 3 is 2.52 bits per heavy atom. The predicted octanol–water partition coefficient (Wildman–Crippen LogP) is 4.98.